The Kier molecular flexibility index (Phi) is 6.57. The first-order valence-electron chi connectivity index (χ1n) is 8.93. The molecule has 1 aliphatic heterocycles. The Bertz CT molecular complexity index is 768. The summed E-state index contributed by atoms with van der Waals surface area (Å²) in [6, 6.07) is 8.02. The van der Waals surface area contributed by atoms with E-state index in [0.29, 0.717) is 25.4 Å². The third-order valence-corrected chi connectivity index (χ3v) is 5.55. The molecule has 1 aromatic carbocycles. The van der Waals surface area contributed by atoms with E-state index in [1.807, 2.05) is 39.9 Å². The Labute approximate surface area is 157 Å². The molecular formula is C19H25N3O3S. The van der Waals surface area contributed by atoms with E-state index >= 15 is 0 Å². The number of para-hydroxylation sites is 1. The first-order valence-corrected chi connectivity index (χ1v) is 9.91. The van der Waals surface area contributed by atoms with Crippen molar-refractivity contribution in [3.05, 3.63) is 30.5 Å². The number of methoxy groups -OCH3 is 1. The highest BCUT2D eigenvalue weighted by Crippen LogP contribution is 2.30. The predicted octanol–water partition coefficient (Wildman–Crippen LogP) is 2.12. The van der Waals surface area contributed by atoms with Gasteiger partial charge in [0, 0.05) is 48.7 Å². The van der Waals surface area contributed by atoms with Gasteiger partial charge in [0.15, 0.2) is 0 Å². The SMILES string of the molecule is COCCNC(=O)CSc1cn(CC(=O)N2CCCC2)c2ccccc12. The summed E-state index contributed by atoms with van der Waals surface area (Å²) in [5.74, 6) is 0.492. The van der Waals surface area contributed by atoms with E-state index in [1.165, 1.54) is 11.8 Å². The summed E-state index contributed by atoms with van der Waals surface area (Å²) in [5.41, 5.74) is 1.03. The highest BCUT2D eigenvalue weighted by molar-refractivity contribution is 8.00. The van der Waals surface area contributed by atoms with Gasteiger partial charge in [-0.25, -0.2) is 0 Å². The molecule has 3 rings (SSSR count). The molecule has 1 fully saturated rings. The van der Waals surface area contributed by atoms with Crippen molar-refractivity contribution in [2.45, 2.75) is 24.3 Å². The minimum absolute atomic E-state index is 0.0166. The van der Waals surface area contributed by atoms with Gasteiger partial charge < -0.3 is 19.5 Å². The number of carbonyl (C=O) groups excluding carboxylic acids is 2. The lowest BCUT2D eigenvalue weighted by atomic mass is 10.2. The highest BCUT2D eigenvalue weighted by atomic mass is 32.2. The van der Waals surface area contributed by atoms with Gasteiger partial charge in [-0.2, -0.15) is 0 Å². The fourth-order valence-corrected chi connectivity index (χ4v) is 4.08. The van der Waals surface area contributed by atoms with Crippen LogP contribution in [0.3, 0.4) is 0 Å². The molecule has 0 unspecified atom stereocenters. The maximum atomic E-state index is 12.5. The van der Waals surface area contributed by atoms with E-state index in [1.54, 1.807) is 7.11 Å². The number of ether oxygens (including phenoxy) is 1. The number of fused-ring (bicyclic) bond motifs is 1. The summed E-state index contributed by atoms with van der Waals surface area (Å²) in [6.07, 6.45) is 4.18. The molecule has 140 valence electrons. The summed E-state index contributed by atoms with van der Waals surface area (Å²) in [6.45, 7) is 3.10. The molecule has 2 heterocycles. The number of likely N-dealkylation sites (tertiary alicyclic amines) is 1. The van der Waals surface area contributed by atoms with Crippen molar-refractivity contribution in [2.75, 3.05) is 39.1 Å². The van der Waals surface area contributed by atoms with Gasteiger partial charge in [0.2, 0.25) is 11.8 Å². The van der Waals surface area contributed by atoms with E-state index < -0.39 is 0 Å². The summed E-state index contributed by atoms with van der Waals surface area (Å²) >= 11 is 1.50. The summed E-state index contributed by atoms with van der Waals surface area (Å²) in [4.78, 5) is 27.4. The Morgan fingerprint density at radius 3 is 2.77 bits per heavy atom. The van der Waals surface area contributed by atoms with Gasteiger partial charge in [-0.3, -0.25) is 9.59 Å². The summed E-state index contributed by atoms with van der Waals surface area (Å²) < 4.78 is 6.94. The lowest BCUT2D eigenvalue weighted by molar-refractivity contribution is -0.130. The molecule has 0 spiro atoms. The van der Waals surface area contributed by atoms with Gasteiger partial charge in [0.05, 0.1) is 12.4 Å². The first-order chi connectivity index (χ1) is 12.7. The van der Waals surface area contributed by atoms with Crippen molar-refractivity contribution in [3.63, 3.8) is 0 Å². The lowest BCUT2D eigenvalue weighted by Crippen LogP contribution is -2.30. The third-order valence-electron chi connectivity index (χ3n) is 4.50. The number of carbonyl (C=O) groups is 2. The maximum absolute atomic E-state index is 12.5. The highest BCUT2D eigenvalue weighted by Gasteiger charge is 2.19. The molecule has 1 aliphatic rings. The van der Waals surface area contributed by atoms with Crippen molar-refractivity contribution in [3.8, 4) is 0 Å². The van der Waals surface area contributed by atoms with Crippen molar-refractivity contribution < 1.29 is 14.3 Å². The number of amides is 2. The Balaban J connectivity index is 1.68. The zero-order chi connectivity index (χ0) is 18.4. The second-order valence-electron chi connectivity index (χ2n) is 6.36. The average molecular weight is 375 g/mol. The normalized spacial score (nSPS) is 14.1. The fraction of sp³-hybridized carbons (Fsp3) is 0.474. The van der Waals surface area contributed by atoms with Crippen LogP contribution in [0, 0.1) is 0 Å². The van der Waals surface area contributed by atoms with Crippen LogP contribution in [0.1, 0.15) is 12.8 Å². The minimum atomic E-state index is -0.0166. The van der Waals surface area contributed by atoms with Crippen LogP contribution < -0.4 is 5.32 Å². The lowest BCUT2D eigenvalue weighted by Gasteiger charge is -2.15. The molecule has 0 atom stereocenters. The van der Waals surface area contributed by atoms with E-state index in [4.69, 9.17) is 4.74 Å². The van der Waals surface area contributed by atoms with Gasteiger partial charge >= 0.3 is 0 Å². The van der Waals surface area contributed by atoms with Gasteiger partial charge in [0.1, 0.15) is 6.54 Å². The second kappa shape index (κ2) is 9.09. The number of thioether (sulfide) groups is 1. The summed E-state index contributed by atoms with van der Waals surface area (Å²) in [7, 11) is 1.61. The van der Waals surface area contributed by atoms with Crippen LogP contribution >= 0.6 is 11.8 Å². The average Bonchev–Trinajstić information content (AvgIpc) is 3.29. The monoisotopic (exact) mass is 375 g/mol. The molecule has 7 heteroatoms. The molecular weight excluding hydrogens is 350 g/mol. The molecule has 1 N–H and O–H groups in total. The third kappa shape index (κ3) is 4.59. The topological polar surface area (TPSA) is 63.6 Å². The molecule has 6 nitrogen and oxygen atoms in total. The summed E-state index contributed by atoms with van der Waals surface area (Å²) in [5, 5.41) is 3.91. The zero-order valence-corrected chi connectivity index (χ0v) is 15.9. The van der Waals surface area contributed by atoms with Crippen molar-refractivity contribution in [1.29, 1.82) is 0 Å². The molecule has 2 amide bonds. The second-order valence-corrected chi connectivity index (χ2v) is 7.37. The van der Waals surface area contributed by atoms with Gasteiger partial charge in [0.25, 0.3) is 0 Å². The largest absolute Gasteiger partial charge is 0.383 e. The van der Waals surface area contributed by atoms with E-state index in [0.717, 1.165) is 41.7 Å². The quantitative estimate of drug-likeness (QED) is 0.567. The van der Waals surface area contributed by atoms with Crippen LogP contribution in [0.4, 0.5) is 0 Å². The number of hydrogen-bond donors (Lipinski definition) is 1. The smallest absolute Gasteiger partial charge is 0.242 e. The molecule has 2 aromatic rings. The van der Waals surface area contributed by atoms with Crippen molar-refractivity contribution >= 4 is 34.5 Å². The van der Waals surface area contributed by atoms with Crippen molar-refractivity contribution in [1.82, 2.24) is 14.8 Å². The van der Waals surface area contributed by atoms with Crippen LogP contribution in [0.25, 0.3) is 10.9 Å². The van der Waals surface area contributed by atoms with Gasteiger partial charge in [-0.05, 0) is 18.9 Å². The zero-order valence-electron chi connectivity index (χ0n) is 15.1. The molecule has 1 aromatic heterocycles. The number of nitrogens with one attached hydrogen (secondary N) is 1. The first kappa shape index (κ1) is 18.8. The van der Waals surface area contributed by atoms with Gasteiger partial charge in [-0.1, -0.05) is 18.2 Å². The molecule has 0 radical (unpaired) electrons. The molecule has 26 heavy (non-hydrogen) atoms. The maximum Gasteiger partial charge on any atom is 0.242 e. The Morgan fingerprint density at radius 2 is 2.00 bits per heavy atom. The fourth-order valence-electron chi connectivity index (χ4n) is 3.16. The van der Waals surface area contributed by atoms with Crippen LogP contribution in [0.5, 0.6) is 0 Å². The number of aromatic nitrogens is 1. The molecule has 0 bridgehead atoms. The Morgan fingerprint density at radius 1 is 1.23 bits per heavy atom. The van der Waals surface area contributed by atoms with Crippen molar-refractivity contribution in [2.24, 2.45) is 0 Å². The number of rotatable bonds is 8. The van der Waals surface area contributed by atoms with E-state index in [9.17, 15) is 9.59 Å². The number of benzene rings is 1. The van der Waals surface area contributed by atoms with E-state index in [2.05, 4.69) is 5.32 Å². The molecule has 1 saturated heterocycles. The predicted molar refractivity (Wildman–Crippen MR) is 103 cm³/mol. The molecule has 0 saturated carbocycles. The van der Waals surface area contributed by atoms with Crippen LogP contribution in [-0.2, 0) is 20.9 Å². The minimum Gasteiger partial charge on any atom is -0.383 e. The standard InChI is InChI=1S/C19H25N3O3S/c1-25-11-8-20-18(23)14-26-17-12-22(16-7-3-2-6-15(16)17)13-19(24)21-9-4-5-10-21/h2-3,6-7,12H,4-5,8-11,13-14H2,1H3,(H,20,23). The van der Waals surface area contributed by atoms with Gasteiger partial charge in [-0.15, -0.1) is 11.8 Å². The number of hydrogen-bond acceptors (Lipinski definition) is 4. The molecule has 0 aliphatic carbocycles. The van der Waals surface area contributed by atoms with Crippen LogP contribution in [0.15, 0.2) is 35.4 Å². The van der Waals surface area contributed by atoms with E-state index in [-0.39, 0.29) is 11.8 Å². The van der Waals surface area contributed by atoms with Crippen LogP contribution in [-0.4, -0.2) is 60.4 Å². The Hall–Kier alpha value is -1.99. The number of nitrogens with zero attached hydrogens (tertiary/aromatic N) is 2. The van der Waals surface area contributed by atoms with Crippen LogP contribution in [0.2, 0.25) is 0 Å².